The molecule has 0 radical (unpaired) electrons. The summed E-state index contributed by atoms with van der Waals surface area (Å²) in [4.78, 5) is 24.4. The molecule has 1 amide bonds. The Bertz CT molecular complexity index is 763. The van der Waals surface area contributed by atoms with Gasteiger partial charge in [0.1, 0.15) is 17.1 Å². The van der Waals surface area contributed by atoms with Crippen LogP contribution in [0, 0.1) is 0 Å². The van der Waals surface area contributed by atoms with Gasteiger partial charge in [0, 0.05) is 5.69 Å². The molecule has 0 heterocycles. The number of carbonyl (C=O) groups is 2. The fraction of sp³-hybridized carbons (Fsp3) is 0.333. The van der Waals surface area contributed by atoms with Gasteiger partial charge >= 0.3 is 5.97 Å². The SMILES string of the molecule is CC[C@@H](C)c1ccc(NC(=O)COC(=O)c2c(OC)cccc2OC)cc1. The van der Waals surface area contributed by atoms with Crippen molar-refractivity contribution in [3.05, 3.63) is 53.6 Å². The predicted molar refractivity (Wildman–Crippen MR) is 104 cm³/mol. The number of nitrogens with one attached hydrogen (secondary N) is 1. The largest absolute Gasteiger partial charge is 0.496 e. The maximum Gasteiger partial charge on any atom is 0.346 e. The van der Waals surface area contributed by atoms with Crippen LogP contribution >= 0.6 is 0 Å². The van der Waals surface area contributed by atoms with Gasteiger partial charge in [-0.1, -0.05) is 32.0 Å². The van der Waals surface area contributed by atoms with E-state index < -0.39 is 18.5 Å². The Morgan fingerprint density at radius 3 is 2.11 bits per heavy atom. The average molecular weight is 371 g/mol. The van der Waals surface area contributed by atoms with Gasteiger partial charge in [-0.15, -0.1) is 0 Å². The standard InChI is InChI=1S/C21H25NO5/c1-5-14(2)15-9-11-16(12-10-15)22-19(23)13-27-21(24)20-17(25-3)7-6-8-18(20)26-4/h6-12,14H,5,13H2,1-4H3,(H,22,23)/t14-/m1/s1. The quantitative estimate of drug-likeness (QED) is 0.710. The predicted octanol–water partition coefficient (Wildman–Crippen LogP) is 4.01. The molecule has 6 nitrogen and oxygen atoms in total. The number of ether oxygens (including phenoxy) is 3. The molecule has 2 aromatic rings. The molecule has 0 saturated heterocycles. The zero-order chi connectivity index (χ0) is 19.8. The van der Waals surface area contributed by atoms with Gasteiger partial charge in [0.05, 0.1) is 14.2 Å². The van der Waals surface area contributed by atoms with Crippen LogP contribution in [0.2, 0.25) is 0 Å². The Morgan fingerprint density at radius 1 is 1.00 bits per heavy atom. The molecule has 0 aliphatic carbocycles. The Kier molecular flexibility index (Phi) is 7.23. The van der Waals surface area contributed by atoms with Gasteiger partial charge < -0.3 is 19.5 Å². The van der Waals surface area contributed by atoms with E-state index in [0.29, 0.717) is 23.1 Å². The van der Waals surface area contributed by atoms with Crippen molar-refractivity contribution in [1.29, 1.82) is 0 Å². The van der Waals surface area contributed by atoms with Crippen LogP contribution in [0.5, 0.6) is 11.5 Å². The van der Waals surface area contributed by atoms with Crippen molar-refractivity contribution in [3.63, 3.8) is 0 Å². The number of methoxy groups -OCH3 is 2. The number of amides is 1. The van der Waals surface area contributed by atoms with Crippen LogP contribution in [0.25, 0.3) is 0 Å². The molecule has 1 atom stereocenters. The first-order valence-electron chi connectivity index (χ1n) is 8.78. The van der Waals surface area contributed by atoms with E-state index in [-0.39, 0.29) is 5.56 Å². The molecule has 2 rings (SSSR count). The van der Waals surface area contributed by atoms with Crippen molar-refractivity contribution in [2.45, 2.75) is 26.2 Å². The Balaban J connectivity index is 1.97. The monoisotopic (exact) mass is 371 g/mol. The Morgan fingerprint density at radius 2 is 1.59 bits per heavy atom. The van der Waals surface area contributed by atoms with Crippen molar-refractivity contribution < 1.29 is 23.8 Å². The number of carbonyl (C=O) groups excluding carboxylic acids is 2. The second kappa shape index (κ2) is 9.62. The molecule has 0 aliphatic heterocycles. The van der Waals surface area contributed by atoms with E-state index in [2.05, 4.69) is 19.2 Å². The Labute approximate surface area is 159 Å². The van der Waals surface area contributed by atoms with Gasteiger partial charge in [-0.25, -0.2) is 4.79 Å². The number of esters is 1. The van der Waals surface area contributed by atoms with Crippen LogP contribution in [0.4, 0.5) is 5.69 Å². The molecule has 144 valence electrons. The number of rotatable bonds is 8. The molecular formula is C21H25NO5. The van der Waals surface area contributed by atoms with Gasteiger partial charge in [-0.3, -0.25) is 4.79 Å². The van der Waals surface area contributed by atoms with Gasteiger partial charge in [0.15, 0.2) is 6.61 Å². The molecule has 6 heteroatoms. The summed E-state index contributed by atoms with van der Waals surface area (Å²) in [7, 11) is 2.89. The summed E-state index contributed by atoms with van der Waals surface area (Å²) in [5, 5.41) is 2.71. The molecule has 0 unspecified atom stereocenters. The molecule has 0 saturated carbocycles. The fourth-order valence-electron chi connectivity index (χ4n) is 2.58. The first-order valence-corrected chi connectivity index (χ1v) is 8.78. The first kappa shape index (κ1) is 20.3. The van der Waals surface area contributed by atoms with Crippen LogP contribution in [0.15, 0.2) is 42.5 Å². The highest BCUT2D eigenvalue weighted by atomic mass is 16.5. The van der Waals surface area contributed by atoms with E-state index in [0.717, 1.165) is 6.42 Å². The van der Waals surface area contributed by atoms with Crippen LogP contribution in [-0.2, 0) is 9.53 Å². The van der Waals surface area contributed by atoms with E-state index >= 15 is 0 Å². The molecule has 0 bridgehead atoms. The topological polar surface area (TPSA) is 73.9 Å². The van der Waals surface area contributed by atoms with Crippen LogP contribution in [0.1, 0.15) is 42.1 Å². The van der Waals surface area contributed by atoms with Gasteiger partial charge in [-0.05, 0) is 42.2 Å². The minimum absolute atomic E-state index is 0.146. The smallest absolute Gasteiger partial charge is 0.346 e. The molecule has 0 fully saturated rings. The fourth-order valence-corrected chi connectivity index (χ4v) is 2.58. The van der Waals surface area contributed by atoms with Gasteiger partial charge in [0.2, 0.25) is 0 Å². The van der Waals surface area contributed by atoms with Crippen molar-refractivity contribution in [2.24, 2.45) is 0 Å². The number of hydrogen-bond donors (Lipinski definition) is 1. The average Bonchev–Trinajstić information content (AvgIpc) is 2.71. The summed E-state index contributed by atoms with van der Waals surface area (Å²) in [6.07, 6.45) is 1.05. The maximum atomic E-state index is 12.4. The number of hydrogen-bond acceptors (Lipinski definition) is 5. The van der Waals surface area contributed by atoms with Gasteiger partial charge in [-0.2, -0.15) is 0 Å². The van der Waals surface area contributed by atoms with E-state index in [9.17, 15) is 9.59 Å². The molecule has 27 heavy (non-hydrogen) atoms. The zero-order valence-corrected chi connectivity index (χ0v) is 16.1. The third-order valence-corrected chi connectivity index (χ3v) is 4.34. The molecule has 0 spiro atoms. The van der Waals surface area contributed by atoms with Crippen LogP contribution in [0.3, 0.4) is 0 Å². The van der Waals surface area contributed by atoms with Crippen molar-refractivity contribution in [2.75, 3.05) is 26.1 Å². The first-order chi connectivity index (χ1) is 13.0. The van der Waals surface area contributed by atoms with Crippen molar-refractivity contribution >= 4 is 17.6 Å². The van der Waals surface area contributed by atoms with Gasteiger partial charge in [0.25, 0.3) is 5.91 Å². The maximum absolute atomic E-state index is 12.4. The second-order valence-electron chi connectivity index (χ2n) is 6.09. The summed E-state index contributed by atoms with van der Waals surface area (Å²) in [6.45, 7) is 3.87. The van der Waals surface area contributed by atoms with Crippen molar-refractivity contribution in [3.8, 4) is 11.5 Å². The summed E-state index contributed by atoms with van der Waals surface area (Å²) in [6, 6.07) is 12.6. The van der Waals surface area contributed by atoms with E-state index in [1.54, 1.807) is 18.2 Å². The highest BCUT2D eigenvalue weighted by Gasteiger charge is 2.20. The lowest BCUT2D eigenvalue weighted by Crippen LogP contribution is -2.21. The van der Waals surface area contributed by atoms with Crippen LogP contribution < -0.4 is 14.8 Å². The summed E-state index contributed by atoms with van der Waals surface area (Å²) in [5.41, 5.74) is 2.01. The summed E-state index contributed by atoms with van der Waals surface area (Å²) < 4.78 is 15.5. The van der Waals surface area contributed by atoms with Crippen LogP contribution in [-0.4, -0.2) is 32.7 Å². The number of anilines is 1. The molecule has 1 N–H and O–H groups in total. The molecular weight excluding hydrogens is 346 g/mol. The van der Waals surface area contributed by atoms with E-state index in [1.807, 2.05) is 24.3 Å². The highest BCUT2D eigenvalue weighted by Crippen LogP contribution is 2.28. The summed E-state index contributed by atoms with van der Waals surface area (Å²) >= 11 is 0. The second-order valence-corrected chi connectivity index (χ2v) is 6.09. The van der Waals surface area contributed by atoms with Crippen molar-refractivity contribution in [1.82, 2.24) is 0 Å². The minimum atomic E-state index is -0.688. The minimum Gasteiger partial charge on any atom is -0.496 e. The van der Waals surface area contributed by atoms with E-state index in [4.69, 9.17) is 14.2 Å². The number of benzene rings is 2. The lowest BCUT2D eigenvalue weighted by Gasteiger charge is -2.13. The third-order valence-electron chi connectivity index (χ3n) is 4.34. The highest BCUT2D eigenvalue weighted by molar-refractivity contribution is 5.98. The lowest BCUT2D eigenvalue weighted by atomic mass is 9.99. The normalized spacial score (nSPS) is 11.4. The van der Waals surface area contributed by atoms with E-state index in [1.165, 1.54) is 19.8 Å². The lowest BCUT2D eigenvalue weighted by molar-refractivity contribution is -0.119. The zero-order valence-electron chi connectivity index (χ0n) is 16.1. The third kappa shape index (κ3) is 5.23. The summed E-state index contributed by atoms with van der Waals surface area (Å²) in [5.74, 6) is -0.00704. The molecule has 0 aliphatic rings. The Hall–Kier alpha value is -3.02. The molecule has 0 aromatic heterocycles. The molecule has 2 aromatic carbocycles.